The van der Waals surface area contributed by atoms with Crippen molar-refractivity contribution in [3.05, 3.63) is 127 Å². The van der Waals surface area contributed by atoms with E-state index in [0.29, 0.717) is 5.56 Å². The molecule has 0 aliphatic carbocycles. The summed E-state index contributed by atoms with van der Waals surface area (Å²) in [7, 11) is 2.00. The number of phenolic OH excluding ortho intramolecular Hbond substituents is 1. The first-order valence-corrected chi connectivity index (χ1v) is 11.9. The molecule has 5 heteroatoms. The van der Waals surface area contributed by atoms with Crippen LogP contribution in [0.3, 0.4) is 0 Å². The van der Waals surface area contributed by atoms with E-state index in [1.165, 1.54) is 11.1 Å². The summed E-state index contributed by atoms with van der Waals surface area (Å²) in [6, 6.07) is 37.8. The molecule has 0 unspecified atom stereocenters. The normalized spacial score (nSPS) is 10.8. The number of hydrogen-bond donors (Lipinski definition) is 1. The van der Waals surface area contributed by atoms with Gasteiger partial charge < -0.3 is 9.67 Å². The molecule has 0 saturated carbocycles. The van der Waals surface area contributed by atoms with Gasteiger partial charge in [0.25, 0.3) is 0 Å². The Labute approximate surface area is 230 Å². The van der Waals surface area contributed by atoms with Crippen molar-refractivity contribution in [3.63, 3.8) is 0 Å². The van der Waals surface area contributed by atoms with E-state index in [1.54, 1.807) is 12.3 Å². The van der Waals surface area contributed by atoms with E-state index in [9.17, 15) is 5.11 Å². The van der Waals surface area contributed by atoms with E-state index in [2.05, 4.69) is 58.1 Å². The first-order chi connectivity index (χ1) is 17.7. The van der Waals surface area contributed by atoms with Gasteiger partial charge in [-0.2, -0.15) is 0 Å². The zero-order chi connectivity index (χ0) is 24.5. The predicted octanol–water partition coefficient (Wildman–Crippen LogP) is 7.06. The topological polar surface area (TPSA) is 50.9 Å². The van der Waals surface area contributed by atoms with Gasteiger partial charge in [0.1, 0.15) is 11.6 Å². The van der Waals surface area contributed by atoms with Crippen LogP contribution in [0.2, 0.25) is 0 Å². The van der Waals surface area contributed by atoms with Gasteiger partial charge in [-0.3, -0.25) is 4.98 Å². The van der Waals surface area contributed by atoms with Crippen molar-refractivity contribution in [2.75, 3.05) is 0 Å². The molecule has 0 aliphatic rings. The fourth-order valence-electron chi connectivity index (χ4n) is 4.69. The third-order valence-electron chi connectivity index (χ3n) is 6.47. The molecule has 4 aromatic carbocycles. The summed E-state index contributed by atoms with van der Waals surface area (Å²) in [4.78, 5) is 9.55. The summed E-state index contributed by atoms with van der Waals surface area (Å²) in [6.07, 6.45) is 2.60. The van der Waals surface area contributed by atoms with Crippen molar-refractivity contribution in [1.29, 1.82) is 0 Å². The number of phenols is 1. The fraction of sp³-hybridized carbons (Fsp3) is 0.0625. The number of hydrogen-bond acceptors (Lipinski definition) is 3. The smallest absolute Gasteiger partial charge is 0.143 e. The molecule has 4 nitrogen and oxygen atoms in total. The standard InChI is InChI=1S/C32H24N3O.Pt/c1-35-29-20-23(18-22-10-3-2-4-11-22)19-27(31(29)34-32(35)26-14-5-6-16-30(26)36)24-12-9-13-25(21-24)28-15-7-8-17-33-28;/h2-17,19-20,36H,18H2,1H3;/q-1;. The van der Waals surface area contributed by atoms with Gasteiger partial charge >= 0.3 is 0 Å². The van der Waals surface area contributed by atoms with Gasteiger partial charge in [0.05, 0.1) is 16.6 Å². The molecule has 6 aromatic rings. The Kier molecular flexibility index (Phi) is 7.03. The Hall–Kier alpha value is -4.01. The van der Waals surface area contributed by atoms with Crippen LogP contribution in [0.25, 0.3) is 44.8 Å². The number of rotatable bonds is 5. The molecule has 0 saturated heterocycles. The Bertz CT molecular complexity index is 1680. The first kappa shape index (κ1) is 24.7. The minimum atomic E-state index is 0. The number of aryl methyl sites for hydroxylation is 1. The minimum Gasteiger partial charge on any atom is -0.507 e. The van der Waals surface area contributed by atoms with E-state index in [-0.39, 0.29) is 26.8 Å². The average molecular weight is 662 g/mol. The molecule has 1 N–H and O–H groups in total. The van der Waals surface area contributed by atoms with Crippen molar-refractivity contribution >= 4 is 11.0 Å². The molecule has 0 aliphatic heterocycles. The molecule has 2 aromatic heterocycles. The van der Waals surface area contributed by atoms with E-state index >= 15 is 0 Å². The Morgan fingerprint density at radius 2 is 1.51 bits per heavy atom. The van der Waals surface area contributed by atoms with Crippen molar-refractivity contribution in [1.82, 2.24) is 14.5 Å². The molecule has 184 valence electrons. The van der Waals surface area contributed by atoms with Gasteiger partial charge in [-0.05, 0) is 41.8 Å². The zero-order valence-electron chi connectivity index (χ0n) is 20.2. The summed E-state index contributed by atoms with van der Waals surface area (Å²) in [5, 5.41) is 10.5. The number of aromatic hydroxyl groups is 1. The number of fused-ring (bicyclic) bond motifs is 1. The molecule has 0 amide bonds. The van der Waals surface area contributed by atoms with Gasteiger partial charge in [0.2, 0.25) is 0 Å². The van der Waals surface area contributed by atoms with Crippen LogP contribution in [-0.4, -0.2) is 19.6 Å². The van der Waals surface area contributed by atoms with Crippen LogP contribution in [-0.2, 0) is 34.5 Å². The summed E-state index contributed by atoms with van der Waals surface area (Å²) in [6.45, 7) is 0. The Balaban J connectivity index is 0.00000280. The minimum absolute atomic E-state index is 0. The number of imidazole rings is 1. The van der Waals surface area contributed by atoms with Crippen molar-refractivity contribution in [3.8, 4) is 39.5 Å². The monoisotopic (exact) mass is 661 g/mol. The predicted molar refractivity (Wildman–Crippen MR) is 145 cm³/mol. The van der Waals surface area contributed by atoms with Crippen LogP contribution < -0.4 is 0 Å². The summed E-state index contributed by atoms with van der Waals surface area (Å²) in [5.74, 6) is 0.938. The molecule has 37 heavy (non-hydrogen) atoms. The third-order valence-corrected chi connectivity index (χ3v) is 6.47. The maximum absolute atomic E-state index is 10.5. The van der Waals surface area contributed by atoms with Crippen LogP contribution in [0.1, 0.15) is 11.1 Å². The second-order valence-corrected chi connectivity index (χ2v) is 8.88. The van der Waals surface area contributed by atoms with Crippen LogP contribution in [0.5, 0.6) is 5.75 Å². The second-order valence-electron chi connectivity index (χ2n) is 8.88. The largest absolute Gasteiger partial charge is 0.507 e. The summed E-state index contributed by atoms with van der Waals surface area (Å²) >= 11 is 0. The molecule has 0 atom stereocenters. The summed E-state index contributed by atoms with van der Waals surface area (Å²) < 4.78 is 2.06. The van der Waals surface area contributed by atoms with Crippen molar-refractivity contribution in [2.24, 2.45) is 7.05 Å². The Morgan fingerprint density at radius 3 is 2.30 bits per heavy atom. The van der Waals surface area contributed by atoms with Gasteiger partial charge in [-0.15, -0.1) is 29.8 Å². The number of nitrogens with zero attached hydrogens (tertiary/aromatic N) is 3. The van der Waals surface area contributed by atoms with Crippen molar-refractivity contribution < 1.29 is 26.2 Å². The number of para-hydroxylation sites is 1. The molecular weight excluding hydrogens is 637 g/mol. The van der Waals surface area contributed by atoms with Crippen LogP contribution in [0.15, 0.2) is 109 Å². The first-order valence-electron chi connectivity index (χ1n) is 11.9. The van der Waals surface area contributed by atoms with Crippen LogP contribution >= 0.6 is 0 Å². The maximum Gasteiger partial charge on any atom is 0.143 e. The van der Waals surface area contributed by atoms with Crippen LogP contribution in [0, 0.1) is 6.07 Å². The molecule has 0 fully saturated rings. The van der Waals surface area contributed by atoms with E-state index in [4.69, 9.17) is 4.98 Å². The fourth-order valence-corrected chi connectivity index (χ4v) is 4.69. The quantitative estimate of drug-likeness (QED) is 0.201. The number of aromatic nitrogens is 3. The number of benzene rings is 4. The SMILES string of the molecule is Cn1c(-c2ccccc2O)nc2c(-c3[c-]c(-c4ccccn4)ccc3)cc(Cc3ccccc3)cc21.[Pt]. The molecule has 2 heterocycles. The van der Waals surface area contributed by atoms with E-state index in [0.717, 1.165) is 45.7 Å². The van der Waals surface area contributed by atoms with Gasteiger partial charge in [-0.25, -0.2) is 4.98 Å². The molecule has 0 bridgehead atoms. The molecule has 0 radical (unpaired) electrons. The zero-order valence-corrected chi connectivity index (χ0v) is 22.5. The van der Waals surface area contributed by atoms with Gasteiger partial charge in [-0.1, -0.05) is 71.8 Å². The van der Waals surface area contributed by atoms with Crippen LogP contribution in [0.4, 0.5) is 0 Å². The average Bonchev–Trinajstić information content (AvgIpc) is 3.25. The third kappa shape index (κ3) is 4.85. The van der Waals surface area contributed by atoms with Gasteiger partial charge in [0, 0.05) is 40.0 Å². The molecule has 6 rings (SSSR count). The summed E-state index contributed by atoms with van der Waals surface area (Å²) in [5.41, 5.74) is 8.81. The van der Waals surface area contributed by atoms with Crippen molar-refractivity contribution in [2.45, 2.75) is 6.42 Å². The number of pyridine rings is 1. The van der Waals surface area contributed by atoms with Gasteiger partial charge in [0.15, 0.2) is 0 Å². The Morgan fingerprint density at radius 1 is 0.757 bits per heavy atom. The maximum atomic E-state index is 10.5. The molecular formula is C32H24N3OPt-. The van der Waals surface area contributed by atoms with E-state index in [1.807, 2.05) is 61.6 Å². The second kappa shape index (κ2) is 10.5. The van der Waals surface area contributed by atoms with E-state index < -0.39 is 0 Å². The molecule has 0 spiro atoms.